The second-order valence-corrected chi connectivity index (χ2v) is 5.90. The monoisotopic (exact) mass is 394 g/mol. The molecule has 5 nitrogen and oxygen atoms in total. The van der Waals surface area contributed by atoms with Crippen LogP contribution in [0, 0.1) is 0 Å². The zero-order valence-corrected chi connectivity index (χ0v) is 15.0. The van der Waals surface area contributed by atoms with Gasteiger partial charge in [0, 0.05) is 19.2 Å². The van der Waals surface area contributed by atoms with Gasteiger partial charge in [-0.2, -0.15) is 13.2 Å². The molecule has 28 heavy (non-hydrogen) atoms. The second-order valence-electron chi connectivity index (χ2n) is 5.90. The molecule has 0 saturated heterocycles. The first-order valence-corrected chi connectivity index (χ1v) is 8.57. The number of alkyl halides is 3. The minimum atomic E-state index is -4.57. The van der Waals surface area contributed by atoms with E-state index in [4.69, 9.17) is 0 Å². The third-order valence-electron chi connectivity index (χ3n) is 3.89. The Morgan fingerprint density at radius 3 is 2.25 bits per heavy atom. The molecule has 0 atom stereocenters. The van der Waals surface area contributed by atoms with E-state index in [0.29, 0.717) is 0 Å². The molecule has 8 heteroatoms. The molecule has 2 rings (SSSR count). The van der Waals surface area contributed by atoms with Gasteiger partial charge < -0.3 is 20.4 Å². The van der Waals surface area contributed by atoms with Crippen LogP contribution in [0.15, 0.2) is 54.6 Å². The van der Waals surface area contributed by atoms with Gasteiger partial charge in [0.15, 0.2) is 0 Å². The highest BCUT2D eigenvalue weighted by Gasteiger charge is 2.31. The lowest BCUT2D eigenvalue weighted by Crippen LogP contribution is -2.30. The lowest BCUT2D eigenvalue weighted by molar-refractivity contribution is -0.137. The maximum Gasteiger partial charge on any atom is 0.416 e. The van der Waals surface area contributed by atoms with Gasteiger partial charge in [0.2, 0.25) is 5.91 Å². The van der Waals surface area contributed by atoms with Crippen LogP contribution in [-0.2, 0) is 11.0 Å². The summed E-state index contributed by atoms with van der Waals surface area (Å²) in [5.41, 5.74) is 0.0765. The maximum atomic E-state index is 13.1. The predicted molar refractivity (Wildman–Crippen MR) is 102 cm³/mol. The van der Waals surface area contributed by atoms with Crippen molar-refractivity contribution < 1.29 is 28.2 Å². The number of aliphatic hydroxyl groups is 2. The molecule has 0 heterocycles. The topological polar surface area (TPSA) is 72.8 Å². The molecule has 0 aliphatic carbocycles. The Labute approximate surface area is 160 Å². The highest BCUT2D eigenvalue weighted by Crippen LogP contribution is 2.35. The van der Waals surface area contributed by atoms with Crippen molar-refractivity contribution in [3.63, 3.8) is 0 Å². The largest absolute Gasteiger partial charge is 0.416 e. The number of amides is 1. The smallest absolute Gasteiger partial charge is 0.395 e. The zero-order valence-electron chi connectivity index (χ0n) is 15.0. The van der Waals surface area contributed by atoms with E-state index >= 15 is 0 Å². The highest BCUT2D eigenvalue weighted by molar-refractivity contribution is 6.03. The molecule has 0 saturated carbocycles. The van der Waals surface area contributed by atoms with Crippen molar-refractivity contribution in [2.45, 2.75) is 6.18 Å². The molecule has 0 fully saturated rings. The molecular formula is C20H21F3N2O3. The van der Waals surface area contributed by atoms with Crippen LogP contribution in [-0.4, -0.2) is 42.4 Å². The van der Waals surface area contributed by atoms with Crippen LogP contribution in [0.4, 0.5) is 24.5 Å². The van der Waals surface area contributed by atoms with Crippen LogP contribution in [0.25, 0.3) is 6.08 Å². The van der Waals surface area contributed by atoms with Crippen molar-refractivity contribution in [2.24, 2.45) is 0 Å². The molecule has 1 amide bonds. The van der Waals surface area contributed by atoms with Gasteiger partial charge in [0.1, 0.15) is 0 Å². The second kappa shape index (κ2) is 9.91. The number of rotatable bonds is 8. The molecule has 150 valence electrons. The number of anilines is 2. The summed E-state index contributed by atoms with van der Waals surface area (Å²) >= 11 is 0. The van der Waals surface area contributed by atoms with Gasteiger partial charge in [-0.05, 0) is 29.8 Å². The van der Waals surface area contributed by atoms with Gasteiger partial charge >= 0.3 is 6.18 Å². The van der Waals surface area contributed by atoms with Crippen molar-refractivity contribution >= 4 is 23.4 Å². The Hall–Kier alpha value is -2.84. The van der Waals surface area contributed by atoms with E-state index in [2.05, 4.69) is 5.32 Å². The summed E-state index contributed by atoms with van der Waals surface area (Å²) in [6.45, 7) is -0.339. The summed E-state index contributed by atoms with van der Waals surface area (Å²) in [6.07, 6.45) is -1.81. The fourth-order valence-corrected chi connectivity index (χ4v) is 2.59. The van der Waals surface area contributed by atoms with Crippen LogP contribution < -0.4 is 10.2 Å². The van der Waals surface area contributed by atoms with Gasteiger partial charge in [-0.3, -0.25) is 4.79 Å². The first kappa shape index (κ1) is 21.5. The van der Waals surface area contributed by atoms with Gasteiger partial charge in [-0.25, -0.2) is 0 Å². The maximum absolute atomic E-state index is 13.1. The van der Waals surface area contributed by atoms with Gasteiger partial charge in [0.25, 0.3) is 0 Å². The zero-order chi connectivity index (χ0) is 20.6. The number of benzene rings is 2. The molecule has 0 unspecified atom stereocenters. The van der Waals surface area contributed by atoms with E-state index in [9.17, 15) is 28.2 Å². The first-order valence-electron chi connectivity index (χ1n) is 8.57. The summed E-state index contributed by atoms with van der Waals surface area (Å²) in [4.78, 5) is 13.7. The quantitative estimate of drug-likeness (QED) is 0.602. The Morgan fingerprint density at radius 2 is 1.68 bits per heavy atom. The number of hydrogen-bond donors (Lipinski definition) is 3. The lowest BCUT2D eigenvalue weighted by atomic mass is 10.1. The molecule has 0 bridgehead atoms. The van der Waals surface area contributed by atoms with E-state index in [-0.39, 0.29) is 37.7 Å². The average Bonchev–Trinajstić information content (AvgIpc) is 2.66. The van der Waals surface area contributed by atoms with Gasteiger partial charge in [-0.1, -0.05) is 30.3 Å². The van der Waals surface area contributed by atoms with E-state index in [1.165, 1.54) is 17.0 Å². The number of halogens is 3. The molecular weight excluding hydrogens is 373 g/mol. The van der Waals surface area contributed by atoms with Crippen molar-refractivity contribution in [2.75, 3.05) is 36.5 Å². The SMILES string of the molecule is O=C(/C=C/c1ccccc1)Nc1cc(C(F)(F)F)ccc1N(CCO)CCO. The van der Waals surface area contributed by atoms with E-state index in [1.54, 1.807) is 30.3 Å². The first-order chi connectivity index (χ1) is 13.3. The number of aliphatic hydroxyl groups excluding tert-OH is 2. The number of nitrogens with one attached hydrogen (secondary N) is 1. The summed E-state index contributed by atoms with van der Waals surface area (Å²) < 4.78 is 39.3. The molecule has 2 aromatic rings. The summed E-state index contributed by atoms with van der Waals surface area (Å²) in [6, 6.07) is 11.9. The summed E-state index contributed by atoms with van der Waals surface area (Å²) in [5.74, 6) is -0.600. The Balaban J connectivity index is 2.32. The Kier molecular flexibility index (Phi) is 7.60. The van der Waals surface area contributed by atoms with Crippen LogP contribution >= 0.6 is 0 Å². The fraction of sp³-hybridized carbons (Fsp3) is 0.250. The minimum Gasteiger partial charge on any atom is -0.395 e. The molecule has 2 aromatic carbocycles. The molecule has 0 aromatic heterocycles. The van der Waals surface area contributed by atoms with Gasteiger partial charge in [0.05, 0.1) is 30.2 Å². The lowest BCUT2D eigenvalue weighted by Gasteiger charge is -2.26. The third kappa shape index (κ3) is 6.11. The standard InChI is InChI=1S/C20H21F3N2O3/c21-20(22,23)16-7-8-18(25(10-12-26)11-13-27)17(14-16)24-19(28)9-6-15-4-2-1-3-5-15/h1-9,14,26-27H,10-13H2,(H,24,28)/b9-6+. The van der Waals surface area contributed by atoms with Crippen LogP contribution in [0.2, 0.25) is 0 Å². The molecule has 0 aliphatic heterocycles. The van der Waals surface area contributed by atoms with E-state index in [0.717, 1.165) is 17.7 Å². The van der Waals surface area contributed by atoms with Crippen molar-refractivity contribution in [1.82, 2.24) is 0 Å². The van der Waals surface area contributed by atoms with Crippen molar-refractivity contribution in [1.29, 1.82) is 0 Å². The predicted octanol–water partition coefficient (Wildman–Crippen LogP) is 3.15. The third-order valence-corrected chi connectivity index (χ3v) is 3.89. The van der Waals surface area contributed by atoms with Crippen molar-refractivity contribution in [3.05, 3.63) is 65.7 Å². The number of hydrogen-bond acceptors (Lipinski definition) is 4. The number of carbonyl (C=O) groups is 1. The van der Waals surface area contributed by atoms with Crippen LogP contribution in [0.1, 0.15) is 11.1 Å². The van der Waals surface area contributed by atoms with Gasteiger partial charge in [-0.15, -0.1) is 0 Å². The molecule has 0 aliphatic rings. The number of nitrogens with zero attached hydrogens (tertiary/aromatic N) is 1. The summed E-state index contributed by atoms with van der Waals surface area (Å²) in [5, 5.41) is 20.8. The minimum absolute atomic E-state index is 0.0561. The van der Waals surface area contributed by atoms with E-state index in [1.807, 2.05) is 6.07 Å². The Morgan fingerprint density at radius 1 is 1.04 bits per heavy atom. The molecule has 0 spiro atoms. The number of carbonyl (C=O) groups excluding carboxylic acids is 1. The highest BCUT2D eigenvalue weighted by atomic mass is 19.4. The normalized spacial score (nSPS) is 11.6. The Bertz CT molecular complexity index is 802. The van der Waals surface area contributed by atoms with Crippen LogP contribution in [0.5, 0.6) is 0 Å². The molecule has 3 N–H and O–H groups in total. The van der Waals surface area contributed by atoms with Crippen molar-refractivity contribution in [3.8, 4) is 0 Å². The van der Waals surface area contributed by atoms with E-state index < -0.39 is 17.6 Å². The average molecular weight is 394 g/mol. The summed E-state index contributed by atoms with van der Waals surface area (Å²) in [7, 11) is 0. The fourth-order valence-electron chi connectivity index (χ4n) is 2.59. The molecule has 0 radical (unpaired) electrons. The van der Waals surface area contributed by atoms with Crippen LogP contribution in [0.3, 0.4) is 0 Å².